The first kappa shape index (κ1) is 33.6. The van der Waals surface area contributed by atoms with Crippen LogP contribution in [0.2, 0.25) is 0 Å². The summed E-state index contributed by atoms with van der Waals surface area (Å²) in [4.78, 5) is 40.0. The van der Waals surface area contributed by atoms with E-state index in [0.717, 1.165) is 44.1 Å². The number of nitrogens with zero attached hydrogens (tertiary/aromatic N) is 1. The lowest BCUT2D eigenvalue weighted by atomic mass is 9.80. The molecule has 0 atom stereocenters. The van der Waals surface area contributed by atoms with Gasteiger partial charge < -0.3 is 24.4 Å². The molecule has 0 fully saturated rings. The molecule has 41 heavy (non-hydrogen) atoms. The SMILES string of the molecule is COC(=O)C1=C(C)NC(C)=C(C(=O)OC)C1c1ccccc1OCCCCCCCCCCCCCCO[N+](=O)[O-]. The average Bonchev–Trinajstić information content (AvgIpc) is 2.95. The predicted molar refractivity (Wildman–Crippen MR) is 156 cm³/mol. The van der Waals surface area contributed by atoms with Gasteiger partial charge in [-0.25, -0.2) is 9.59 Å². The second-order valence-electron chi connectivity index (χ2n) is 10.3. The molecule has 10 heteroatoms. The van der Waals surface area contributed by atoms with E-state index in [1.54, 1.807) is 13.8 Å². The van der Waals surface area contributed by atoms with Crippen molar-refractivity contribution in [2.24, 2.45) is 0 Å². The minimum Gasteiger partial charge on any atom is -0.493 e. The number of allylic oxidation sites excluding steroid dienone is 2. The second-order valence-corrected chi connectivity index (χ2v) is 10.3. The molecular weight excluding hydrogens is 528 g/mol. The van der Waals surface area contributed by atoms with Crippen molar-refractivity contribution in [3.8, 4) is 5.75 Å². The molecule has 1 aromatic carbocycles. The number of hydrogen-bond acceptors (Lipinski definition) is 9. The van der Waals surface area contributed by atoms with Crippen molar-refractivity contribution in [2.75, 3.05) is 27.4 Å². The van der Waals surface area contributed by atoms with Crippen molar-refractivity contribution in [2.45, 2.75) is 96.8 Å². The van der Waals surface area contributed by atoms with Gasteiger partial charge in [-0.2, -0.15) is 0 Å². The third-order valence-corrected chi connectivity index (χ3v) is 7.29. The van der Waals surface area contributed by atoms with Crippen LogP contribution < -0.4 is 10.1 Å². The maximum Gasteiger partial charge on any atom is 0.336 e. The summed E-state index contributed by atoms with van der Waals surface area (Å²) in [6, 6.07) is 7.50. The van der Waals surface area contributed by atoms with Gasteiger partial charge >= 0.3 is 11.9 Å². The van der Waals surface area contributed by atoms with Gasteiger partial charge in [0.05, 0.1) is 44.5 Å². The number of rotatable bonds is 20. The van der Waals surface area contributed by atoms with E-state index in [1.807, 2.05) is 24.3 Å². The van der Waals surface area contributed by atoms with E-state index in [2.05, 4.69) is 10.2 Å². The first-order valence-corrected chi connectivity index (χ1v) is 14.7. The summed E-state index contributed by atoms with van der Waals surface area (Å²) in [6.45, 7) is 4.33. The van der Waals surface area contributed by atoms with Crippen LogP contribution in [0.5, 0.6) is 5.75 Å². The minimum atomic E-state index is -0.731. The number of dihydropyridines is 1. The molecule has 1 N–H and O–H groups in total. The second kappa shape index (κ2) is 18.7. The van der Waals surface area contributed by atoms with E-state index in [-0.39, 0.29) is 6.61 Å². The van der Waals surface area contributed by atoms with Crippen LogP contribution in [0.15, 0.2) is 46.8 Å². The Bertz CT molecular complexity index is 1030. The summed E-state index contributed by atoms with van der Waals surface area (Å²) in [5.74, 6) is -1.06. The molecule has 0 spiro atoms. The van der Waals surface area contributed by atoms with Gasteiger partial charge in [0, 0.05) is 17.0 Å². The average molecular weight is 575 g/mol. The minimum absolute atomic E-state index is 0.198. The Morgan fingerprint density at radius 1 is 0.756 bits per heavy atom. The Kier molecular flexibility index (Phi) is 15.4. The normalized spacial score (nSPS) is 13.6. The zero-order chi connectivity index (χ0) is 30.0. The van der Waals surface area contributed by atoms with E-state index < -0.39 is 22.9 Å². The fraction of sp³-hybridized carbons (Fsp3) is 0.613. The van der Waals surface area contributed by atoms with Crippen LogP contribution >= 0.6 is 0 Å². The lowest BCUT2D eigenvalue weighted by molar-refractivity contribution is -0.757. The highest BCUT2D eigenvalue weighted by atomic mass is 16.9. The molecule has 1 aliphatic heterocycles. The molecule has 0 unspecified atom stereocenters. The van der Waals surface area contributed by atoms with Crippen LogP contribution in [0.3, 0.4) is 0 Å². The van der Waals surface area contributed by atoms with Crippen LogP contribution in [0.1, 0.15) is 102 Å². The van der Waals surface area contributed by atoms with Crippen LogP contribution in [0.25, 0.3) is 0 Å². The quantitative estimate of drug-likeness (QED) is 0.0800. The monoisotopic (exact) mass is 574 g/mol. The zero-order valence-electron chi connectivity index (χ0n) is 25.0. The lowest BCUT2D eigenvalue weighted by Gasteiger charge is -2.31. The summed E-state index contributed by atoms with van der Waals surface area (Å²) < 4.78 is 16.3. The molecule has 2 rings (SSSR count). The molecule has 0 bridgehead atoms. The Hall–Kier alpha value is -3.56. The Morgan fingerprint density at radius 2 is 1.20 bits per heavy atom. The van der Waals surface area contributed by atoms with Gasteiger partial charge in [0.25, 0.3) is 5.09 Å². The van der Waals surface area contributed by atoms with E-state index >= 15 is 0 Å². The van der Waals surface area contributed by atoms with Gasteiger partial charge in [-0.15, -0.1) is 10.1 Å². The first-order chi connectivity index (χ1) is 19.8. The summed E-state index contributed by atoms with van der Waals surface area (Å²) in [5.41, 5.74) is 2.69. The number of unbranched alkanes of at least 4 members (excludes halogenated alkanes) is 11. The Balaban J connectivity index is 1.78. The van der Waals surface area contributed by atoms with Gasteiger partial charge in [-0.05, 0) is 32.8 Å². The van der Waals surface area contributed by atoms with Crippen molar-refractivity contribution in [1.82, 2.24) is 5.32 Å². The number of carbonyl (C=O) groups is 2. The molecule has 1 aliphatic rings. The van der Waals surface area contributed by atoms with E-state index in [1.165, 1.54) is 52.7 Å². The number of hydrogen-bond donors (Lipinski definition) is 1. The maximum atomic E-state index is 12.8. The number of nitrogens with one attached hydrogen (secondary N) is 1. The number of para-hydroxylation sites is 1. The van der Waals surface area contributed by atoms with Crippen molar-refractivity contribution in [3.05, 3.63) is 62.5 Å². The van der Waals surface area contributed by atoms with Gasteiger partial charge in [0.1, 0.15) is 5.75 Å². The smallest absolute Gasteiger partial charge is 0.336 e. The molecule has 228 valence electrons. The predicted octanol–water partition coefficient (Wildman–Crippen LogP) is 6.54. The van der Waals surface area contributed by atoms with Crippen LogP contribution in [0, 0.1) is 10.1 Å². The topological polar surface area (TPSA) is 126 Å². The summed E-state index contributed by atoms with van der Waals surface area (Å²) in [6.07, 6.45) is 13.2. The summed E-state index contributed by atoms with van der Waals surface area (Å²) in [7, 11) is 2.66. The molecule has 0 amide bonds. The molecule has 1 aromatic rings. The van der Waals surface area contributed by atoms with Crippen molar-refractivity contribution in [1.29, 1.82) is 0 Å². The molecule has 0 radical (unpaired) electrons. The Morgan fingerprint density at radius 3 is 1.66 bits per heavy atom. The van der Waals surface area contributed by atoms with Gasteiger partial charge in [0.2, 0.25) is 0 Å². The van der Waals surface area contributed by atoms with Gasteiger partial charge in [-0.3, -0.25) is 0 Å². The highest BCUT2D eigenvalue weighted by Crippen LogP contribution is 2.42. The van der Waals surface area contributed by atoms with Crippen molar-refractivity contribution < 1.29 is 33.7 Å². The third-order valence-electron chi connectivity index (χ3n) is 7.29. The van der Waals surface area contributed by atoms with E-state index in [9.17, 15) is 19.7 Å². The lowest BCUT2D eigenvalue weighted by Crippen LogP contribution is -2.32. The first-order valence-electron chi connectivity index (χ1n) is 14.7. The highest BCUT2D eigenvalue weighted by molar-refractivity contribution is 6.00. The number of benzene rings is 1. The van der Waals surface area contributed by atoms with Gasteiger partial charge in [0.15, 0.2) is 0 Å². The van der Waals surface area contributed by atoms with E-state index in [0.29, 0.717) is 34.9 Å². The molecule has 0 saturated carbocycles. The van der Waals surface area contributed by atoms with Crippen molar-refractivity contribution >= 4 is 11.9 Å². The molecule has 10 nitrogen and oxygen atoms in total. The standard InChI is InChI=1S/C31H46N2O8/c1-23-27(30(34)38-3)29(28(24(2)32-23)31(35)39-4)25-19-15-16-20-26(25)40-21-17-13-11-9-7-5-6-8-10-12-14-18-22-41-33(36)37/h15-16,19-20,29,32H,5-14,17-18,21-22H2,1-4H3. The fourth-order valence-corrected chi connectivity index (χ4v) is 5.21. The Labute approximate surface area is 243 Å². The highest BCUT2D eigenvalue weighted by Gasteiger charge is 2.38. The number of ether oxygens (including phenoxy) is 3. The van der Waals surface area contributed by atoms with Crippen molar-refractivity contribution in [3.63, 3.8) is 0 Å². The molecule has 0 saturated heterocycles. The molecule has 0 aliphatic carbocycles. The van der Waals surface area contributed by atoms with Gasteiger partial charge in [-0.1, -0.05) is 82.4 Å². The fourth-order valence-electron chi connectivity index (χ4n) is 5.21. The number of carbonyl (C=O) groups excluding carboxylic acids is 2. The van der Waals surface area contributed by atoms with Crippen LogP contribution in [-0.4, -0.2) is 44.5 Å². The van der Waals surface area contributed by atoms with Crippen LogP contribution in [-0.2, 0) is 23.9 Å². The van der Waals surface area contributed by atoms with Crippen LogP contribution in [0.4, 0.5) is 0 Å². The molecular formula is C31H46N2O8. The molecule has 1 heterocycles. The molecule has 0 aromatic heterocycles. The third kappa shape index (κ3) is 11.1. The largest absolute Gasteiger partial charge is 0.493 e. The summed E-state index contributed by atoms with van der Waals surface area (Å²) in [5, 5.41) is 12.5. The zero-order valence-corrected chi connectivity index (χ0v) is 25.0. The summed E-state index contributed by atoms with van der Waals surface area (Å²) >= 11 is 0. The van der Waals surface area contributed by atoms with E-state index in [4.69, 9.17) is 14.2 Å². The maximum absolute atomic E-state index is 12.8. The number of esters is 2. The number of methoxy groups -OCH3 is 2.